The van der Waals surface area contributed by atoms with E-state index in [1.54, 1.807) is 12.1 Å². The van der Waals surface area contributed by atoms with E-state index in [0.29, 0.717) is 5.75 Å². The van der Waals surface area contributed by atoms with Crippen LogP contribution >= 0.6 is 0 Å². The van der Waals surface area contributed by atoms with Gasteiger partial charge in [0.2, 0.25) is 0 Å². The number of ether oxygens (including phenoxy) is 1. The van der Waals surface area contributed by atoms with Crippen LogP contribution in [0.25, 0.3) is 0 Å². The standard InChI is InChI=1S/C10H10N2O4S/c1-15-8-2-4-9(5-3-8)17(13,14)12-10-6-7-16-11-10/h2-7H,1H3,(H,11,12). The molecule has 0 saturated heterocycles. The number of sulfonamides is 1. The molecule has 0 aliphatic carbocycles. The molecule has 90 valence electrons. The fraction of sp³-hybridized carbons (Fsp3) is 0.100. The topological polar surface area (TPSA) is 81.4 Å². The first-order valence-electron chi connectivity index (χ1n) is 4.69. The van der Waals surface area contributed by atoms with Gasteiger partial charge in [-0.2, -0.15) is 0 Å². The number of hydrogen-bond acceptors (Lipinski definition) is 5. The number of nitrogens with one attached hydrogen (secondary N) is 1. The fourth-order valence-electron chi connectivity index (χ4n) is 1.22. The van der Waals surface area contributed by atoms with Gasteiger partial charge in [-0.3, -0.25) is 4.72 Å². The average Bonchev–Trinajstić information content (AvgIpc) is 2.81. The second-order valence-electron chi connectivity index (χ2n) is 3.17. The largest absolute Gasteiger partial charge is 0.497 e. The Labute approximate surface area is 98.2 Å². The molecule has 0 radical (unpaired) electrons. The maximum Gasteiger partial charge on any atom is 0.263 e. The summed E-state index contributed by atoms with van der Waals surface area (Å²) in [5.41, 5.74) is 0. The molecular weight excluding hydrogens is 244 g/mol. The van der Waals surface area contributed by atoms with Crippen LogP contribution in [-0.4, -0.2) is 20.7 Å². The molecule has 0 amide bonds. The molecule has 0 fully saturated rings. The summed E-state index contributed by atoms with van der Waals surface area (Å²) in [6.07, 6.45) is 1.28. The Kier molecular flexibility index (Phi) is 3.01. The molecule has 6 nitrogen and oxygen atoms in total. The van der Waals surface area contributed by atoms with Gasteiger partial charge in [-0.05, 0) is 24.3 Å². The van der Waals surface area contributed by atoms with Gasteiger partial charge in [-0.25, -0.2) is 8.42 Å². The smallest absolute Gasteiger partial charge is 0.263 e. The van der Waals surface area contributed by atoms with E-state index in [4.69, 9.17) is 4.74 Å². The average molecular weight is 254 g/mol. The van der Waals surface area contributed by atoms with Gasteiger partial charge in [-0.15, -0.1) is 0 Å². The summed E-state index contributed by atoms with van der Waals surface area (Å²) in [5, 5.41) is 3.47. The van der Waals surface area contributed by atoms with Crippen molar-refractivity contribution in [1.82, 2.24) is 5.16 Å². The molecule has 0 bridgehead atoms. The number of nitrogens with zero attached hydrogens (tertiary/aromatic N) is 1. The van der Waals surface area contributed by atoms with E-state index in [1.165, 1.54) is 31.6 Å². The Bertz CT molecular complexity index is 575. The third kappa shape index (κ3) is 2.56. The van der Waals surface area contributed by atoms with Crippen molar-refractivity contribution in [2.24, 2.45) is 0 Å². The number of aromatic nitrogens is 1. The highest BCUT2D eigenvalue weighted by Gasteiger charge is 2.15. The van der Waals surface area contributed by atoms with Crippen LogP contribution in [0.1, 0.15) is 0 Å². The molecule has 0 unspecified atom stereocenters. The van der Waals surface area contributed by atoms with Gasteiger partial charge in [-0.1, -0.05) is 5.16 Å². The van der Waals surface area contributed by atoms with Crippen molar-refractivity contribution >= 4 is 15.8 Å². The van der Waals surface area contributed by atoms with Crippen molar-refractivity contribution in [3.05, 3.63) is 36.6 Å². The lowest BCUT2D eigenvalue weighted by Gasteiger charge is -2.05. The molecule has 1 aromatic heterocycles. The van der Waals surface area contributed by atoms with E-state index in [1.807, 2.05) is 0 Å². The Morgan fingerprint density at radius 2 is 1.94 bits per heavy atom. The van der Waals surface area contributed by atoms with Gasteiger partial charge >= 0.3 is 0 Å². The number of hydrogen-bond donors (Lipinski definition) is 1. The van der Waals surface area contributed by atoms with Gasteiger partial charge in [0.15, 0.2) is 5.82 Å². The van der Waals surface area contributed by atoms with Crippen LogP contribution in [0.4, 0.5) is 5.82 Å². The molecule has 0 spiro atoms. The van der Waals surface area contributed by atoms with Crippen LogP contribution in [0.15, 0.2) is 46.0 Å². The highest BCUT2D eigenvalue weighted by atomic mass is 32.2. The second-order valence-corrected chi connectivity index (χ2v) is 4.85. The Morgan fingerprint density at radius 1 is 1.24 bits per heavy atom. The van der Waals surface area contributed by atoms with Crippen LogP contribution in [-0.2, 0) is 10.0 Å². The lowest BCUT2D eigenvalue weighted by Crippen LogP contribution is -2.12. The maximum absolute atomic E-state index is 11.9. The summed E-state index contributed by atoms with van der Waals surface area (Å²) in [6, 6.07) is 7.44. The quantitative estimate of drug-likeness (QED) is 0.893. The van der Waals surface area contributed by atoms with Crippen molar-refractivity contribution in [1.29, 1.82) is 0 Å². The first kappa shape index (κ1) is 11.5. The summed E-state index contributed by atoms with van der Waals surface area (Å²) in [4.78, 5) is 0.126. The molecule has 0 atom stereocenters. The van der Waals surface area contributed by atoms with Crippen LogP contribution in [0.3, 0.4) is 0 Å². The second kappa shape index (κ2) is 4.46. The van der Waals surface area contributed by atoms with Crippen LogP contribution < -0.4 is 9.46 Å². The normalized spacial score (nSPS) is 11.1. The predicted molar refractivity (Wildman–Crippen MR) is 60.3 cm³/mol. The molecule has 1 heterocycles. The summed E-state index contributed by atoms with van der Waals surface area (Å²) < 4.78 is 35.5. The zero-order valence-electron chi connectivity index (χ0n) is 8.95. The Morgan fingerprint density at radius 3 is 2.47 bits per heavy atom. The molecule has 7 heteroatoms. The first-order chi connectivity index (χ1) is 8.12. The number of anilines is 1. The van der Waals surface area contributed by atoms with Crippen LogP contribution in [0.5, 0.6) is 5.75 Å². The highest BCUT2D eigenvalue weighted by Crippen LogP contribution is 2.17. The van der Waals surface area contributed by atoms with Crippen molar-refractivity contribution in [3.63, 3.8) is 0 Å². The molecule has 2 aromatic rings. The molecule has 1 N–H and O–H groups in total. The molecule has 0 saturated carbocycles. The van der Waals surface area contributed by atoms with Gasteiger partial charge < -0.3 is 9.26 Å². The minimum absolute atomic E-state index is 0.126. The van der Waals surface area contributed by atoms with E-state index >= 15 is 0 Å². The minimum atomic E-state index is -3.64. The van der Waals surface area contributed by atoms with Crippen LogP contribution in [0.2, 0.25) is 0 Å². The molecule has 1 aromatic carbocycles. The van der Waals surface area contributed by atoms with E-state index < -0.39 is 10.0 Å². The zero-order chi connectivity index (χ0) is 12.3. The monoisotopic (exact) mass is 254 g/mol. The molecule has 2 rings (SSSR count). The maximum atomic E-state index is 11.9. The van der Waals surface area contributed by atoms with Crippen molar-refractivity contribution in [2.45, 2.75) is 4.90 Å². The molecule has 0 aliphatic rings. The van der Waals surface area contributed by atoms with Crippen LogP contribution in [0, 0.1) is 0 Å². The number of methoxy groups -OCH3 is 1. The highest BCUT2D eigenvalue weighted by molar-refractivity contribution is 7.92. The van der Waals surface area contributed by atoms with Crippen molar-refractivity contribution in [3.8, 4) is 5.75 Å². The third-order valence-electron chi connectivity index (χ3n) is 2.05. The minimum Gasteiger partial charge on any atom is -0.497 e. The van der Waals surface area contributed by atoms with Gasteiger partial charge in [0.05, 0.1) is 12.0 Å². The summed E-state index contributed by atoms with van der Waals surface area (Å²) in [5.74, 6) is 0.728. The summed E-state index contributed by atoms with van der Waals surface area (Å²) >= 11 is 0. The molecule has 0 aliphatic heterocycles. The Balaban J connectivity index is 2.25. The summed E-state index contributed by atoms with van der Waals surface area (Å²) in [7, 11) is -2.13. The summed E-state index contributed by atoms with van der Waals surface area (Å²) in [6.45, 7) is 0. The van der Waals surface area contributed by atoms with Crippen molar-refractivity contribution < 1.29 is 17.7 Å². The Hall–Kier alpha value is -2.02. The lowest BCUT2D eigenvalue weighted by atomic mass is 10.3. The molecular formula is C10H10N2O4S. The SMILES string of the molecule is COc1ccc(S(=O)(=O)Nc2ccon2)cc1. The first-order valence-corrected chi connectivity index (χ1v) is 6.17. The van der Waals surface area contributed by atoms with E-state index in [9.17, 15) is 8.42 Å². The molecule has 17 heavy (non-hydrogen) atoms. The lowest BCUT2D eigenvalue weighted by molar-refractivity contribution is 0.414. The predicted octanol–water partition coefficient (Wildman–Crippen LogP) is 1.48. The third-order valence-corrected chi connectivity index (χ3v) is 3.42. The van der Waals surface area contributed by atoms with E-state index in [0.717, 1.165) is 0 Å². The number of rotatable bonds is 4. The fourth-order valence-corrected chi connectivity index (χ4v) is 2.21. The van der Waals surface area contributed by atoms with Gasteiger partial charge in [0, 0.05) is 6.07 Å². The van der Waals surface area contributed by atoms with Crippen molar-refractivity contribution in [2.75, 3.05) is 11.8 Å². The number of benzene rings is 1. The van der Waals surface area contributed by atoms with E-state index in [2.05, 4.69) is 14.4 Å². The van der Waals surface area contributed by atoms with Gasteiger partial charge in [0.1, 0.15) is 12.0 Å². The van der Waals surface area contributed by atoms with E-state index in [-0.39, 0.29) is 10.7 Å². The van der Waals surface area contributed by atoms with Gasteiger partial charge in [0.25, 0.3) is 10.0 Å². The zero-order valence-corrected chi connectivity index (χ0v) is 9.77.